The van der Waals surface area contributed by atoms with Gasteiger partial charge in [0.05, 0.1) is 12.8 Å². The van der Waals surface area contributed by atoms with Crippen LogP contribution in [0, 0.1) is 0 Å². The third kappa shape index (κ3) is 4.81. The number of benzene rings is 2. The summed E-state index contributed by atoms with van der Waals surface area (Å²) in [5, 5.41) is 1.11. The molecule has 2 aromatic rings. The molecule has 0 aromatic heterocycles. The first kappa shape index (κ1) is 18.7. The number of ether oxygens (including phenoxy) is 1. The van der Waals surface area contributed by atoms with E-state index in [2.05, 4.69) is 4.74 Å². The zero-order chi connectivity index (χ0) is 15.9. The monoisotopic (exact) mass is 335 g/mol. The molecule has 0 N–H and O–H groups in total. The average molecular weight is 336 g/mol. The topological polar surface area (TPSA) is 55.8 Å². The van der Waals surface area contributed by atoms with E-state index in [4.69, 9.17) is 4.84 Å². The normalized spacial score (nSPS) is 9.65. The van der Waals surface area contributed by atoms with Crippen molar-refractivity contribution in [1.29, 1.82) is 0 Å². The number of para-hydroxylation sites is 1. The predicted octanol–water partition coefficient (Wildman–Crippen LogP) is 3.23. The third-order valence-corrected chi connectivity index (χ3v) is 3.03. The molecule has 0 aliphatic carbocycles. The second-order valence-electron chi connectivity index (χ2n) is 4.55. The maximum absolute atomic E-state index is 11.9. The molecule has 0 saturated heterocycles. The molecule has 5 nitrogen and oxygen atoms in total. The molecule has 0 spiro atoms. The molecule has 2 rings (SSSR count). The highest BCUT2D eigenvalue weighted by atomic mass is 35.5. The van der Waals surface area contributed by atoms with Crippen molar-refractivity contribution in [3.8, 4) is 11.1 Å². The van der Waals surface area contributed by atoms with Crippen LogP contribution >= 0.6 is 12.4 Å². The first-order valence-corrected chi connectivity index (χ1v) is 6.78. The van der Waals surface area contributed by atoms with E-state index >= 15 is 0 Å². The van der Waals surface area contributed by atoms with Gasteiger partial charge in [0.2, 0.25) is 5.91 Å². The van der Waals surface area contributed by atoms with E-state index in [-0.39, 0.29) is 24.9 Å². The third-order valence-electron chi connectivity index (χ3n) is 3.03. The minimum Gasteiger partial charge on any atom is -0.467 e. The van der Waals surface area contributed by atoms with Crippen molar-refractivity contribution in [2.45, 2.75) is 6.92 Å². The Labute approximate surface area is 141 Å². The van der Waals surface area contributed by atoms with Gasteiger partial charge in [-0.1, -0.05) is 48.5 Å². The maximum Gasteiger partial charge on any atom is 0.334 e. The highest BCUT2D eigenvalue weighted by Crippen LogP contribution is 2.30. The highest BCUT2D eigenvalue weighted by Gasteiger charge is 2.18. The summed E-state index contributed by atoms with van der Waals surface area (Å²) >= 11 is 0. The number of anilines is 1. The average Bonchev–Trinajstić information content (AvgIpc) is 2.55. The molecule has 0 unspecified atom stereocenters. The van der Waals surface area contributed by atoms with Gasteiger partial charge >= 0.3 is 5.97 Å². The van der Waals surface area contributed by atoms with Gasteiger partial charge in [-0.15, -0.1) is 12.4 Å². The molecule has 0 radical (unpaired) electrons. The standard InChI is InChI=1S/C17H17NO4.ClH/c1-13(19)18(22-12-17(20)21-2)16-11-7-6-10-15(16)14-8-4-3-5-9-14;/h3-11H,12H2,1-2H3;1H. The second kappa shape index (κ2) is 8.92. The van der Waals surface area contributed by atoms with E-state index in [9.17, 15) is 9.59 Å². The van der Waals surface area contributed by atoms with Crippen LogP contribution in [0.4, 0.5) is 5.69 Å². The fourth-order valence-electron chi connectivity index (χ4n) is 2.02. The number of halogens is 1. The van der Waals surface area contributed by atoms with Crippen molar-refractivity contribution in [2.24, 2.45) is 0 Å². The van der Waals surface area contributed by atoms with Gasteiger partial charge in [-0.3, -0.25) is 9.63 Å². The molecule has 0 saturated carbocycles. The Kier molecular flexibility index (Phi) is 7.25. The maximum atomic E-state index is 11.9. The second-order valence-corrected chi connectivity index (χ2v) is 4.55. The lowest BCUT2D eigenvalue weighted by molar-refractivity contribution is -0.147. The lowest BCUT2D eigenvalue weighted by Gasteiger charge is -2.22. The van der Waals surface area contributed by atoms with Crippen LogP contribution < -0.4 is 5.06 Å². The molecule has 0 aliphatic heterocycles. The molecule has 6 heteroatoms. The Bertz CT molecular complexity index is 661. The van der Waals surface area contributed by atoms with E-state index in [1.54, 1.807) is 12.1 Å². The number of rotatable bonds is 5. The van der Waals surface area contributed by atoms with Crippen molar-refractivity contribution in [3.63, 3.8) is 0 Å². The van der Waals surface area contributed by atoms with E-state index < -0.39 is 5.97 Å². The SMILES string of the molecule is COC(=O)CON(C(C)=O)c1ccccc1-c1ccccc1.Cl. The summed E-state index contributed by atoms with van der Waals surface area (Å²) in [6.07, 6.45) is 0. The van der Waals surface area contributed by atoms with Crippen molar-refractivity contribution in [2.75, 3.05) is 18.8 Å². The van der Waals surface area contributed by atoms with E-state index in [1.807, 2.05) is 42.5 Å². The number of methoxy groups -OCH3 is 1. The number of esters is 1. The number of carbonyl (C=O) groups excluding carboxylic acids is 2. The summed E-state index contributed by atoms with van der Waals surface area (Å²) < 4.78 is 4.53. The Balaban J connectivity index is 0.00000264. The number of hydrogen-bond acceptors (Lipinski definition) is 4. The summed E-state index contributed by atoms with van der Waals surface area (Å²) in [5.41, 5.74) is 2.36. The Morgan fingerprint density at radius 3 is 2.22 bits per heavy atom. The Hall–Kier alpha value is -2.37. The zero-order valence-corrected chi connectivity index (χ0v) is 13.7. The molecule has 0 atom stereocenters. The summed E-state index contributed by atoms with van der Waals surface area (Å²) in [4.78, 5) is 28.4. The molecule has 23 heavy (non-hydrogen) atoms. The molecule has 0 heterocycles. The predicted molar refractivity (Wildman–Crippen MR) is 90.3 cm³/mol. The summed E-state index contributed by atoms with van der Waals surface area (Å²) in [7, 11) is 1.27. The number of hydrogen-bond donors (Lipinski definition) is 0. The Morgan fingerprint density at radius 1 is 1.00 bits per heavy atom. The number of amides is 1. The number of carbonyl (C=O) groups is 2. The fourth-order valence-corrected chi connectivity index (χ4v) is 2.02. The van der Waals surface area contributed by atoms with Crippen molar-refractivity contribution < 1.29 is 19.2 Å². The molecule has 0 bridgehead atoms. The highest BCUT2D eigenvalue weighted by molar-refractivity contribution is 5.94. The van der Waals surface area contributed by atoms with Crippen LogP contribution in [0.1, 0.15) is 6.92 Å². The van der Waals surface area contributed by atoms with Crippen molar-refractivity contribution in [1.82, 2.24) is 0 Å². The van der Waals surface area contributed by atoms with Gasteiger partial charge in [0.15, 0.2) is 6.61 Å². The van der Waals surface area contributed by atoms with Gasteiger partial charge in [-0.2, -0.15) is 5.06 Å². The molecule has 1 amide bonds. The van der Waals surface area contributed by atoms with Gasteiger partial charge in [0.1, 0.15) is 0 Å². The van der Waals surface area contributed by atoms with Gasteiger partial charge in [0, 0.05) is 12.5 Å². The van der Waals surface area contributed by atoms with Gasteiger partial charge in [-0.05, 0) is 11.6 Å². The molecular weight excluding hydrogens is 318 g/mol. The summed E-state index contributed by atoms with van der Waals surface area (Å²) in [6.45, 7) is 1.04. The summed E-state index contributed by atoms with van der Waals surface area (Å²) in [5.74, 6) is -0.879. The molecular formula is C17H18ClNO4. The van der Waals surface area contributed by atoms with Crippen molar-refractivity contribution >= 4 is 30.0 Å². The lowest BCUT2D eigenvalue weighted by atomic mass is 10.0. The smallest absolute Gasteiger partial charge is 0.334 e. The first-order valence-electron chi connectivity index (χ1n) is 6.78. The number of hydroxylamine groups is 1. The van der Waals surface area contributed by atoms with Gasteiger partial charge < -0.3 is 4.74 Å². The minimum atomic E-state index is -0.552. The van der Waals surface area contributed by atoms with Crippen LogP contribution in [0.5, 0.6) is 0 Å². The lowest BCUT2D eigenvalue weighted by Crippen LogP contribution is -2.31. The molecule has 2 aromatic carbocycles. The van der Waals surface area contributed by atoms with Gasteiger partial charge in [-0.25, -0.2) is 4.79 Å². The van der Waals surface area contributed by atoms with E-state index in [0.29, 0.717) is 5.69 Å². The van der Waals surface area contributed by atoms with E-state index in [0.717, 1.165) is 16.2 Å². The first-order chi connectivity index (χ1) is 10.6. The number of nitrogens with zero attached hydrogens (tertiary/aromatic N) is 1. The molecule has 0 aliphatic rings. The van der Waals surface area contributed by atoms with Crippen LogP contribution in [-0.4, -0.2) is 25.6 Å². The molecule has 0 fully saturated rings. The van der Waals surface area contributed by atoms with Gasteiger partial charge in [0.25, 0.3) is 0 Å². The van der Waals surface area contributed by atoms with Crippen LogP contribution in [0.15, 0.2) is 54.6 Å². The van der Waals surface area contributed by atoms with E-state index in [1.165, 1.54) is 14.0 Å². The largest absolute Gasteiger partial charge is 0.467 e. The van der Waals surface area contributed by atoms with Crippen LogP contribution in [0.25, 0.3) is 11.1 Å². The quantitative estimate of drug-likeness (QED) is 0.622. The van der Waals surface area contributed by atoms with Crippen molar-refractivity contribution in [3.05, 3.63) is 54.6 Å². The zero-order valence-electron chi connectivity index (χ0n) is 12.9. The fraction of sp³-hybridized carbons (Fsp3) is 0.176. The minimum absolute atomic E-state index is 0. The van der Waals surface area contributed by atoms with Crippen LogP contribution in [0.3, 0.4) is 0 Å². The molecule has 122 valence electrons. The Morgan fingerprint density at radius 2 is 1.61 bits per heavy atom. The van der Waals surface area contributed by atoms with Crippen LogP contribution in [-0.2, 0) is 19.2 Å². The van der Waals surface area contributed by atoms with Crippen LogP contribution in [0.2, 0.25) is 0 Å². The summed E-state index contributed by atoms with van der Waals surface area (Å²) in [6, 6.07) is 17.0.